The molecule has 0 aliphatic carbocycles. The molecular weight excluding hydrogens is 540 g/mol. The van der Waals surface area contributed by atoms with Crippen LogP contribution in [-0.2, 0) is 9.36 Å². The first kappa shape index (κ1) is 29.8. The van der Waals surface area contributed by atoms with Crippen LogP contribution in [0.25, 0.3) is 6.08 Å². The molecule has 2 fully saturated rings. The molecule has 39 heavy (non-hydrogen) atoms. The molecule has 0 atom stereocenters. The zero-order valence-electron chi connectivity index (χ0n) is 23.3. The van der Waals surface area contributed by atoms with Gasteiger partial charge in [-0.05, 0) is 82.1 Å². The van der Waals surface area contributed by atoms with E-state index in [0.717, 1.165) is 45.3 Å². The molecule has 0 spiro atoms. The number of aliphatic imine (C=N–C) groups is 1. The van der Waals surface area contributed by atoms with Gasteiger partial charge in [0.05, 0.1) is 18.3 Å². The summed E-state index contributed by atoms with van der Waals surface area (Å²) in [6, 6.07) is 4.39. The monoisotopic (exact) mass is 579 g/mol. The molecule has 4 rings (SSSR count). The number of piperidine rings is 1. The number of amides is 2. The van der Waals surface area contributed by atoms with Gasteiger partial charge < -0.3 is 19.1 Å². The highest BCUT2D eigenvalue weighted by Gasteiger charge is 2.33. The van der Waals surface area contributed by atoms with Gasteiger partial charge in [-0.1, -0.05) is 13.8 Å². The van der Waals surface area contributed by atoms with Crippen molar-refractivity contribution in [3.8, 4) is 5.75 Å². The van der Waals surface area contributed by atoms with Crippen molar-refractivity contribution in [1.82, 2.24) is 19.8 Å². The predicted octanol–water partition coefficient (Wildman–Crippen LogP) is 4.99. The molecule has 1 aromatic carbocycles. The molecule has 9 nitrogen and oxygen atoms in total. The van der Waals surface area contributed by atoms with E-state index in [9.17, 15) is 18.5 Å². The van der Waals surface area contributed by atoms with Crippen LogP contribution >= 0.6 is 18.9 Å². The van der Waals surface area contributed by atoms with Crippen molar-refractivity contribution in [2.45, 2.75) is 45.6 Å². The minimum atomic E-state index is -2.32. The summed E-state index contributed by atoms with van der Waals surface area (Å²) in [5.41, 5.74) is 0.428. The molecule has 0 saturated carbocycles. The number of carbonyl (C=O) groups is 2. The first-order chi connectivity index (χ1) is 18.6. The number of likely N-dealkylation sites (tertiary alicyclic amines) is 1. The molecule has 3 heterocycles. The van der Waals surface area contributed by atoms with E-state index < -0.39 is 25.0 Å². The molecule has 0 bridgehead atoms. The fourth-order valence-corrected chi connectivity index (χ4v) is 7.29. The van der Waals surface area contributed by atoms with Crippen LogP contribution in [0.2, 0.25) is 0 Å². The van der Waals surface area contributed by atoms with Crippen LogP contribution in [-0.4, -0.2) is 102 Å². The molecule has 0 aromatic heterocycles. The quantitative estimate of drug-likeness (QED) is 0.330. The van der Waals surface area contributed by atoms with Gasteiger partial charge in [-0.3, -0.25) is 9.80 Å². The Morgan fingerprint density at radius 1 is 1.18 bits per heavy atom. The maximum atomic E-state index is 14.2. The van der Waals surface area contributed by atoms with Crippen molar-refractivity contribution >= 4 is 42.1 Å². The van der Waals surface area contributed by atoms with Gasteiger partial charge in [0.25, 0.3) is 5.91 Å². The standard InChI is InChI=1S/C27H39FN5O4PS/c1-5-30(6-2)22-11-15-31(16-12-22)27(35)37-23-18-21(28)10-9-20(23)17-24-25(34)29-26(39-24)33-14-8-7-13-32(33)19-38(3,4)36/h9-10,17-18,22H,5-8,11-16,19H2,1-4H3/b24-17-. The average molecular weight is 580 g/mol. The summed E-state index contributed by atoms with van der Waals surface area (Å²) in [4.78, 5) is 34.5. The van der Waals surface area contributed by atoms with Gasteiger partial charge in [0.1, 0.15) is 11.6 Å². The Hall–Kier alpha value is -2.20. The summed E-state index contributed by atoms with van der Waals surface area (Å²) in [5.74, 6) is -0.871. The number of ether oxygens (including phenoxy) is 1. The highest BCUT2D eigenvalue weighted by molar-refractivity contribution is 8.18. The highest BCUT2D eigenvalue weighted by Crippen LogP contribution is 2.40. The number of amidine groups is 1. The summed E-state index contributed by atoms with van der Waals surface area (Å²) >= 11 is 1.22. The van der Waals surface area contributed by atoms with Crippen LogP contribution in [0.3, 0.4) is 0 Å². The minimum Gasteiger partial charge on any atom is -0.409 e. The number of rotatable bonds is 7. The Labute approximate surface area is 234 Å². The second kappa shape index (κ2) is 13.0. The first-order valence-corrected chi connectivity index (χ1v) is 17.3. The molecule has 2 amide bonds. The number of hydrogen-bond acceptors (Lipinski definition) is 8. The minimum absolute atomic E-state index is 0.0673. The van der Waals surface area contributed by atoms with Crippen molar-refractivity contribution in [1.29, 1.82) is 0 Å². The molecule has 0 radical (unpaired) electrons. The van der Waals surface area contributed by atoms with Crippen LogP contribution in [0.15, 0.2) is 28.1 Å². The van der Waals surface area contributed by atoms with Crippen LogP contribution < -0.4 is 4.74 Å². The third-order valence-electron chi connectivity index (χ3n) is 7.22. The summed E-state index contributed by atoms with van der Waals surface area (Å²) in [5, 5.41) is 4.50. The van der Waals surface area contributed by atoms with E-state index in [1.807, 2.05) is 10.0 Å². The predicted molar refractivity (Wildman–Crippen MR) is 155 cm³/mol. The highest BCUT2D eigenvalue weighted by atomic mass is 32.2. The molecule has 214 valence electrons. The average Bonchev–Trinajstić information content (AvgIpc) is 3.26. The number of carbonyl (C=O) groups excluding carboxylic acids is 2. The Morgan fingerprint density at radius 2 is 1.87 bits per heavy atom. The molecular formula is C27H39FN5O4PS. The maximum Gasteiger partial charge on any atom is 0.415 e. The van der Waals surface area contributed by atoms with Crippen molar-refractivity contribution in [2.24, 2.45) is 4.99 Å². The zero-order chi connectivity index (χ0) is 28.2. The third-order valence-corrected chi connectivity index (χ3v) is 9.23. The lowest BCUT2D eigenvalue weighted by atomic mass is 10.0. The fourth-order valence-electron chi connectivity index (χ4n) is 5.25. The SMILES string of the molecule is CCN(CC)C1CCN(C(=O)Oc2cc(F)ccc2/C=C2\SC(N3CCCCN3CP(C)(C)=O)=NC2=O)CC1. The van der Waals surface area contributed by atoms with E-state index in [-0.39, 0.29) is 5.75 Å². The molecule has 0 N–H and O–H groups in total. The van der Waals surface area contributed by atoms with Gasteiger partial charge in [-0.15, -0.1) is 0 Å². The zero-order valence-corrected chi connectivity index (χ0v) is 25.0. The second-order valence-corrected chi connectivity index (χ2v) is 15.0. The number of halogens is 1. The van der Waals surface area contributed by atoms with E-state index in [0.29, 0.717) is 47.6 Å². The Morgan fingerprint density at radius 3 is 2.54 bits per heavy atom. The Bertz CT molecular complexity index is 1180. The number of thioether (sulfide) groups is 1. The van der Waals surface area contributed by atoms with E-state index in [4.69, 9.17) is 4.74 Å². The normalized spacial score (nSPS) is 20.7. The Balaban J connectivity index is 1.45. The maximum absolute atomic E-state index is 14.2. The van der Waals surface area contributed by atoms with Gasteiger partial charge in [0.15, 0.2) is 5.17 Å². The number of nitrogens with zero attached hydrogens (tertiary/aromatic N) is 5. The largest absolute Gasteiger partial charge is 0.415 e. The topological polar surface area (TPSA) is 85.8 Å². The first-order valence-electron chi connectivity index (χ1n) is 13.7. The summed E-state index contributed by atoms with van der Waals surface area (Å²) in [7, 11) is -2.32. The van der Waals surface area contributed by atoms with Crippen LogP contribution in [0.1, 0.15) is 45.1 Å². The molecule has 3 aliphatic heterocycles. The number of benzene rings is 1. The van der Waals surface area contributed by atoms with Crippen molar-refractivity contribution < 1.29 is 23.3 Å². The number of hydrazine groups is 1. The van der Waals surface area contributed by atoms with Gasteiger partial charge in [0, 0.05) is 43.9 Å². The summed E-state index contributed by atoms with van der Waals surface area (Å²) < 4.78 is 32.3. The Kier molecular flexibility index (Phi) is 9.91. The van der Waals surface area contributed by atoms with Crippen LogP contribution in [0.4, 0.5) is 9.18 Å². The van der Waals surface area contributed by atoms with Gasteiger partial charge in [-0.25, -0.2) is 14.2 Å². The van der Waals surface area contributed by atoms with Crippen molar-refractivity contribution in [2.75, 3.05) is 58.9 Å². The van der Waals surface area contributed by atoms with E-state index in [1.165, 1.54) is 30.0 Å². The van der Waals surface area contributed by atoms with Gasteiger partial charge >= 0.3 is 6.09 Å². The van der Waals surface area contributed by atoms with Crippen LogP contribution in [0.5, 0.6) is 5.75 Å². The third kappa shape index (κ3) is 7.72. The molecule has 1 aromatic rings. The lowest BCUT2D eigenvalue weighted by Gasteiger charge is -2.40. The van der Waals surface area contributed by atoms with Crippen molar-refractivity contribution in [3.05, 3.63) is 34.5 Å². The summed E-state index contributed by atoms with van der Waals surface area (Å²) in [6.07, 6.45) is 5.16. The lowest BCUT2D eigenvalue weighted by Crippen LogP contribution is -2.49. The van der Waals surface area contributed by atoms with Crippen molar-refractivity contribution in [3.63, 3.8) is 0 Å². The second-order valence-electron chi connectivity index (χ2n) is 10.6. The van der Waals surface area contributed by atoms with E-state index >= 15 is 0 Å². The smallest absolute Gasteiger partial charge is 0.409 e. The van der Waals surface area contributed by atoms with Gasteiger partial charge in [-0.2, -0.15) is 4.99 Å². The molecule has 3 aliphatic rings. The van der Waals surface area contributed by atoms with E-state index in [2.05, 4.69) is 23.7 Å². The lowest BCUT2D eigenvalue weighted by molar-refractivity contribution is -0.113. The molecule has 2 saturated heterocycles. The summed E-state index contributed by atoms with van der Waals surface area (Å²) in [6.45, 7) is 12.3. The van der Waals surface area contributed by atoms with E-state index in [1.54, 1.807) is 24.3 Å². The van der Waals surface area contributed by atoms with Crippen LogP contribution in [0, 0.1) is 5.82 Å². The molecule has 12 heteroatoms. The number of hydrogen-bond donors (Lipinski definition) is 0. The van der Waals surface area contributed by atoms with Gasteiger partial charge in [0.2, 0.25) is 0 Å². The molecule has 0 unspecified atom stereocenters. The fraction of sp³-hybridized carbons (Fsp3) is 0.593.